The number of para-hydroxylation sites is 1. The van der Waals surface area contributed by atoms with E-state index in [4.69, 9.17) is 24.3 Å². The summed E-state index contributed by atoms with van der Waals surface area (Å²) < 4.78 is 37.0. The van der Waals surface area contributed by atoms with E-state index in [1.807, 2.05) is 36.4 Å². The van der Waals surface area contributed by atoms with Gasteiger partial charge in [0.1, 0.15) is 30.4 Å². The van der Waals surface area contributed by atoms with Gasteiger partial charge in [0.2, 0.25) is 5.82 Å². The second-order valence-corrected chi connectivity index (χ2v) is 9.71. The van der Waals surface area contributed by atoms with E-state index in [2.05, 4.69) is 10.1 Å². The summed E-state index contributed by atoms with van der Waals surface area (Å²) in [6, 6.07) is 17.9. The Hall–Kier alpha value is -3.12. The molecular weight excluding hydrogens is 479 g/mol. The lowest BCUT2D eigenvalue weighted by atomic mass is 10.1. The quantitative estimate of drug-likeness (QED) is 0.325. The summed E-state index contributed by atoms with van der Waals surface area (Å²) in [6.45, 7) is -0.374. The number of carbonyl (C=O) groups is 1. The first-order valence-corrected chi connectivity index (χ1v) is 12.4. The van der Waals surface area contributed by atoms with Crippen LogP contribution in [0.15, 0.2) is 67.0 Å². The molecule has 0 aliphatic carbocycles. The van der Waals surface area contributed by atoms with E-state index in [1.54, 1.807) is 24.3 Å². The maximum Gasteiger partial charge on any atom is 0.368 e. The van der Waals surface area contributed by atoms with Gasteiger partial charge in [-0.1, -0.05) is 48.5 Å². The summed E-state index contributed by atoms with van der Waals surface area (Å²) in [5.74, 6) is -0.651. The van der Waals surface area contributed by atoms with Crippen molar-refractivity contribution in [3.8, 4) is 5.75 Å². The van der Waals surface area contributed by atoms with Crippen LogP contribution >= 0.6 is 7.60 Å². The maximum absolute atomic E-state index is 13.5. The number of nitrogens with two attached hydrogens (primary N) is 1. The molecule has 4 N–H and O–H groups in total. The topological polar surface area (TPSA) is 168 Å². The molecule has 0 spiro atoms. The molecule has 12 nitrogen and oxygen atoms in total. The SMILES string of the molecule is NC(=O)c1ncn([C@@H]2O[C@H](COP(=O)(COc3ccccc3)OCc3ccccc3)C(O)[C@H]2O)n1. The number of benzene rings is 2. The first-order valence-electron chi connectivity index (χ1n) is 10.7. The number of carbonyl (C=O) groups excluding carboxylic acids is 1. The summed E-state index contributed by atoms with van der Waals surface area (Å²) in [7, 11) is -3.84. The summed E-state index contributed by atoms with van der Waals surface area (Å²) in [5.41, 5.74) is 5.92. The van der Waals surface area contributed by atoms with Gasteiger partial charge >= 0.3 is 7.60 Å². The number of amides is 1. The van der Waals surface area contributed by atoms with Gasteiger partial charge in [0, 0.05) is 0 Å². The van der Waals surface area contributed by atoms with Crippen LogP contribution in [-0.2, 0) is 25.0 Å². The number of primary amides is 1. The van der Waals surface area contributed by atoms with Crippen molar-refractivity contribution in [2.45, 2.75) is 31.1 Å². The predicted octanol–water partition coefficient (Wildman–Crippen LogP) is 1.46. The average Bonchev–Trinajstić information content (AvgIpc) is 3.47. The third-order valence-electron chi connectivity index (χ3n) is 5.17. The smallest absolute Gasteiger partial charge is 0.368 e. The largest absolute Gasteiger partial charge is 0.481 e. The Morgan fingerprint density at radius 2 is 1.74 bits per heavy atom. The van der Waals surface area contributed by atoms with Gasteiger partial charge in [-0.3, -0.25) is 9.36 Å². The molecule has 1 aliphatic heterocycles. The molecule has 1 saturated heterocycles. The van der Waals surface area contributed by atoms with E-state index < -0.39 is 38.0 Å². The second kappa shape index (κ2) is 11.1. The van der Waals surface area contributed by atoms with Gasteiger partial charge in [0.25, 0.3) is 5.91 Å². The molecule has 0 bridgehead atoms. The molecule has 1 amide bonds. The van der Waals surface area contributed by atoms with Crippen molar-refractivity contribution in [2.24, 2.45) is 5.73 Å². The normalized spacial score (nSPS) is 23.6. The van der Waals surface area contributed by atoms with Crippen molar-refractivity contribution < 1.29 is 38.1 Å². The predicted molar refractivity (Wildman–Crippen MR) is 121 cm³/mol. The number of aromatic nitrogens is 3. The highest BCUT2D eigenvalue weighted by molar-refractivity contribution is 7.53. The van der Waals surface area contributed by atoms with Gasteiger partial charge in [0.15, 0.2) is 12.6 Å². The lowest BCUT2D eigenvalue weighted by Gasteiger charge is -2.22. The highest BCUT2D eigenvalue weighted by atomic mass is 31.2. The number of ether oxygens (including phenoxy) is 2. The van der Waals surface area contributed by atoms with Gasteiger partial charge in [-0.05, 0) is 17.7 Å². The molecular formula is C22H25N4O8P. The van der Waals surface area contributed by atoms with Crippen LogP contribution in [0, 0.1) is 0 Å². The van der Waals surface area contributed by atoms with Crippen LogP contribution in [0.1, 0.15) is 22.4 Å². The summed E-state index contributed by atoms with van der Waals surface area (Å²) in [6.07, 6.45) is -4.31. The zero-order valence-corrected chi connectivity index (χ0v) is 19.4. The fourth-order valence-electron chi connectivity index (χ4n) is 3.31. The molecule has 0 radical (unpaired) electrons. The first kappa shape index (κ1) is 25.0. The number of aliphatic hydroxyl groups is 2. The van der Waals surface area contributed by atoms with Gasteiger partial charge in [-0.2, -0.15) is 0 Å². The number of nitrogens with zero attached hydrogens (tertiary/aromatic N) is 3. The third kappa shape index (κ3) is 6.31. The first-order chi connectivity index (χ1) is 16.8. The minimum atomic E-state index is -3.84. The van der Waals surface area contributed by atoms with Gasteiger partial charge < -0.3 is 34.5 Å². The Bertz CT molecular complexity index is 1120. The molecule has 2 aromatic carbocycles. The van der Waals surface area contributed by atoms with E-state index in [0.29, 0.717) is 5.75 Å². The lowest BCUT2D eigenvalue weighted by Crippen LogP contribution is -2.34. The minimum absolute atomic E-state index is 0.00441. The molecule has 35 heavy (non-hydrogen) atoms. The van der Waals surface area contributed by atoms with E-state index in [-0.39, 0.29) is 25.4 Å². The molecule has 1 aliphatic rings. The Morgan fingerprint density at radius 1 is 1.06 bits per heavy atom. The van der Waals surface area contributed by atoms with Crippen LogP contribution in [0.5, 0.6) is 5.75 Å². The number of hydrogen-bond donors (Lipinski definition) is 3. The van der Waals surface area contributed by atoms with Crippen LogP contribution in [-0.4, -0.2) is 62.2 Å². The van der Waals surface area contributed by atoms with Crippen molar-refractivity contribution >= 4 is 13.5 Å². The van der Waals surface area contributed by atoms with Crippen LogP contribution in [0.3, 0.4) is 0 Å². The fraction of sp³-hybridized carbons (Fsp3) is 0.318. The Labute approximate surface area is 200 Å². The highest BCUT2D eigenvalue weighted by Crippen LogP contribution is 2.49. The molecule has 1 fully saturated rings. The van der Waals surface area contributed by atoms with Gasteiger partial charge in [-0.15, -0.1) is 5.10 Å². The number of aliphatic hydroxyl groups excluding tert-OH is 2. The Morgan fingerprint density at radius 3 is 2.40 bits per heavy atom. The zero-order chi connectivity index (χ0) is 24.8. The molecule has 1 aromatic heterocycles. The van der Waals surface area contributed by atoms with Crippen molar-refractivity contribution in [3.05, 3.63) is 78.4 Å². The highest BCUT2D eigenvalue weighted by Gasteiger charge is 2.45. The second-order valence-electron chi connectivity index (χ2n) is 7.71. The zero-order valence-electron chi connectivity index (χ0n) is 18.5. The lowest BCUT2D eigenvalue weighted by molar-refractivity contribution is -0.0574. The van der Waals surface area contributed by atoms with Gasteiger partial charge in [-0.25, -0.2) is 9.67 Å². The monoisotopic (exact) mass is 504 g/mol. The molecule has 3 aromatic rings. The van der Waals surface area contributed by atoms with Crippen molar-refractivity contribution in [2.75, 3.05) is 13.0 Å². The number of rotatable bonds is 11. The Balaban J connectivity index is 1.42. The van der Waals surface area contributed by atoms with E-state index in [1.165, 1.54) is 0 Å². The van der Waals surface area contributed by atoms with E-state index >= 15 is 0 Å². The Kier molecular flexibility index (Phi) is 7.91. The number of hydrogen-bond acceptors (Lipinski definition) is 10. The van der Waals surface area contributed by atoms with Crippen molar-refractivity contribution in [3.63, 3.8) is 0 Å². The van der Waals surface area contributed by atoms with Gasteiger partial charge in [0.05, 0.1) is 13.2 Å². The molecule has 4 rings (SSSR count). The fourth-order valence-corrected chi connectivity index (χ4v) is 4.56. The standard InChI is InChI=1S/C22H25N4O8P/c23-20(29)21-24-13-26(25-21)22-19(28)18(27)17(34-22)12-33-35(30,14-31-16-9-5-2-6-10-16)32-11-15-7-3-1-4-8-15/h1-10,13,17-19,22,27-28H,11-12,14H2,(H2,23,29)/t17-,18?,19-,22-,35?/m1/s1. The summed E-state index contributed by atoms with van der Waals surface area (Å²) in [4.78, 5) is 15.0. The average molecular weight is 504 g/mol. The van der Waals surface area contributed by atoms with E-state index in [9.17, 15) is 19.6 Å². The van der Waals surface area contributed by atoms with Crippen LogP contribution in [0.4, 0.5) is 0 Å². The van der Waals surface area contributed by atoms with E-state index in [0.717, 1.165) is 16.6 Å². The molecule has 2 heterocycles. The summed E-state index contributed by atoms with van der Waals surface area (Å²) >= 11 is 0. The van der Waals surface area contributed by atoms with Crippen LogP contribution in [0.25, 0.3) is 0 Å². The van der Waals surface area contributed by atoms with Crippen molar-refractivity contribution in [1.29, 1.82) is 0 Å². The van der Waals surface area contributed by atoms with Crippen LogP contribution in [0.2, 0.25) is 0 Å². The minimum Gasteiger partial charge on any atom is -0.481 e. The molecule has 2 unspecified atom stereocenters. The maximum atomic E-state index is 13.5. The molecule has 5 atom stereocenters. The molecule has 13 heteroatoms. The van der Waals surface area contributed by atoms with Crippen LogP contribution < -0.4 is 10.5 Å². The molecule has 186 valence electrons. The third-order valence-corrected chi connectivity index (χ3v) is 6.68. The summed E-state index contributed by atoms with van der Waals surface area (Å²) in [5, 5.41) is 24.7. The van der Waals surface area contributed by atoms with Crippen molar-refractivity contribution in [1.82, 2.24) is 14.8 Å². The molecule has 0 saturated carbocycles.